The molecule has 4 nitrogen and oxygen atoms in total. The number of hydrogen-bond donors (Lipinski definition) is 0. The summed E-state index contributed by atoms with van der Waals surface area (Å²) in [5.41, 5.74) is 3.83. The van der Waals surface area contributed by atoms with Crippen LogP contribution in [-0.4, -0.2) is 23.8 Å². The third-order valence-corrected chi connectivity index (χ3v) is 7.33. The van der Waals surface area contributed by atoms with Crippen molar-refractivity contribution < 1.29 is 14.3 Å². The molecule has 3 aromatic rings. The lowest BCUT2D eigenvalue weighted by Gasteiger charge is -2.13. The maximum absolute atomic E-state index is 11.0. The highest BCUT2D eigenvalue weighted by molar-refractivity contribution is 5.88. The number of rotatable bonds is 20. The Hall–Kier alpha value is -3.01. The number of unbranched alkanes of at least 4 members (excludes halogenated alkanes) is 9. The van der Waals surface area contributed by atoms with Crippen LogP contribution in [0.25, 0.3) is 22.2 Å². The maximum atomic E-state index is 11.0. The van der Waals surface area contributed by atoms with E-state index in [2.05, 4.69) is 79.6 Å². The van der Waals surface area contributed by atoms with E-state index < -0.39 is 0 Å². The molecular weight excluding hydrogens is 482 g/mol. The molecule has 0 fully saturated rings. The van der Waals surface area contributed by atoms with Crippen molar-refractivity contribution in [1.29, 1.82) is 0 Å². The Labute approximate surface area is 236 Å². The summed E-state index contributed by atoms with van der Waals surface area (Å²) in [5.74, 6) is 1.38. The van der Waals surface area contributed by atoms with E-state index in [4.69, 9.17) is 9.47 Å². The van der Waals surface area contributed by atoms with Crippen molar-refractivity contribution in [2.24, 2.45) is 5.92 Å². The SMILES string of the molecule is C=CC(=O)OCCCCCCCCCCCCOc1ccc2cc(-c3ccccc3)n(CCCC(C)C)c2c1. The van der Waals surface area contributed by atoms with Crippen molar-refractivity contribution in [3.63, 3.8) is 0 Å². The molecule has 0 radical (unpaired) electrons. The third-order valence-electron chi connectivity index (χ3n) is 7.33. The number of carbonyl (C=O) groups excluding carboxylic acids is 1. The molecule has 0 bridgehead atoms. The van der Waals surface area contributed by atoms with Gasteiger partial charge in [-0.3, -0.25) is 0 Å². The summed E-state index contributed by atoms with van der Waals surface area (Å²) in [5, 5.41) is 1.28. The van der Waals surface area contributed by atoms with Crippen LogP contribution in [0.15, 0.2) is 67.3 Å². The molecule has 0 saturated heterocycles. The predicted molar refractivity (Wildman–Crippen MR) is 164 cm³/mol. The molecule has 1 aromatic heterocycles. The van der Waals surface area contributed by atoms with Crippen LogP contribution in [0.3, 0.4) is 0 Å². The molecule has 0 unspecified atom stereocenters. The summed E-state index contributed by atoms with van der Waals surface area (Å²) in [4.78, 5) is 11.0. The van der Waals surface area contributed by atoms with Crippen LogP contribution in [0, 0.1) is 5.92 Å². The zero-order valence-electron chi connectivity index (χ0n) is 24.3. The number of nitrogens with zero attached hydrogens (tertiary/aromatic N) is 1. The van der Waals surface area contributed by atoms with Gasteiger partial charge < -0.3 is 14.0 Å². The van der Waals surface area contributed by atoms with Crippen LogP contribution in [0.4, 0.5) is 0 Å². The Bertz CT molecular complexity index is 1120. The van der Waals surface area contributed by atoms with Gasteiger partial charge in [-0.05, 0) is 55.4 Å². The third kappa shape index (κ3) is 10.9. The van der Waals surface area contributed by atoms with E-state index in [1.807, 2.05) is 0 Å². The van der Waals surface area contributed by atoms with E-state index in [0.717, 1.165) is 44.1 Å². The Morgan fingerprint density at radius 3 is 2.10 bits per heavy atom. The number of aromatic nitrogens is 1. The second-order valence-electron chi connectivity index (χ2n) is 11.1. The van der Waals surface area contributed by atoms with E-state index in [1.54, 1.807) is 0 Å². The first-order valence-corrected chi connectivity index (χ1v) is 15.2. The van der Waals surface area contributed by atoms with E-state index >= 15 is 0 Å². The highest BCUT2D eigenvalue weighted by Gasteiger charge is 2.12. The minimum atomic E-state index is -0.318. The fourth-order valence-electron chi connectivity index (χ4n) is 5.11. The zero-order chi connectivity index (χ0) is 27.7. The number of carbonyl (C=O) groups is 1. The summed E-state index contributed by atoms with van der Waals surface area (Å²) < 4.78 is 13.7. The van der Waals surface area contributed by atoms with Gasteiger partial charge in [0.1, 0.15) is 5.75 Å². The molecular formula is C35H49NO3. The highest BCUT2D eigenvalue weighted by atomic mass is 16.5. The topological polar surface area (TPSA) is 40.5 Å². The fraction of sp³-hybridized carbons (Fsp3) is 0.514. The van der Waals surface area contributed by atoms with Crippen LogP contribution in [0.1, 0.15) is 90.9 Å². The zero-order valence-corrected chi connectivity index (χ0v) is 24.3. The number of ether oxygens (including phenoxy) is 2. The van der Waals surface area contributed by atoms with Gasteiger partial charge in [-0.2, -0.15) is 0 Å². The largest absolute Gasteiger partial charge is 0.494 e. The Kier molecular flexibility index (Phi) is 13.7. The molecule has 4 heteroatoms. The lowest BCUT2D eigenvalue weighted by Crippen LogP contribution is -2.02. The monoisotopic (exact) mass is 531 g/mol. The molecule has 2 aromatic carbocycles. The van der Waals surface area contributed by atoms with Gasteiger partial charge in [0, 0.05) is 29.8 Å². The van der Waals surface area contributed by atoms with Crippen LogP contribution in [-0.2, 0) is 16.1 Å². The summed E-state index contributed by atoms with van der Waals surface area (Å²) in [6.07, 6.45) is 15.7. The first-order chi connectivity index (χ1) is 19.1. The summed E-state index contributed by atoms with van der Waals surface area (Å²) in [6, 6.07) is 19.6. The lowest BCUT2D eigenvalue weighted by molar-refractivity contribution is -0.137. The van der Waals surface area contributed by atoms with Crippen molar-refractivity contribution in [3.05, 3.63) is 67.3 Å². The number of hydrogen-bond acceptors (Lipinski definition) is 3. The van der Waals surface area contributed by atoms with E-state index in [1.165, 1.54) is 86.0 Å². The molecule has 0 aliphatic rings. The average molecular weight is 532 g/mol. The second-order valence-corrected chi connectivity index (χ2v) is 11.1. The summed E-state index contributed by atoms with van der Waals surface area (Å²) >= 11 is 0. The highest BCUT2D eigenvalue weighted by Crippen LogP contribution is 2.31. The smallest absolute Gasteiger partial charge is 0.330 e. The molecule has 0 aliphatic carbocycles. The fourth-order valence-corrected chi connectivity index (χ4v) is 5.11. The molecule has 39 heavy (non-hydrogen) atoms. The summed E-state index contributed by atoms with van der Waals surface area (Å²) in [6.45, 7) is 10.3. The van der Waals surface area contributed by atoms with Crippen molar-refractivity contribution in [1.82, 2.24) is 4.57 Å². The van der Waals surface area contributed by atoms with Crippen LogP contribution in [0.5, 0.6) is 5.75 Å². The molecule has 0 amide bonds. The van der Waals surface area contributed by atoms with Gasteiger partial charge in [-0.25, -0.2) is 4.79 Å². The normalized spacial score (nSPS) is 11.3. The molecule has 1 heterocycles. The molecule has 212 valence electrons. The molecule has 0 spiro atoms. The van der Waals surface area contributed by atoms with Gasteiger partial charge in [0.15, 0.2) is 0 Å². The second kappa shape index (κ2) is 17.6. The van der Waals surface area contributed by atoms with Crippen LogP contribution < -0.4 is 4.74 Å². The van der Waals surface area contributed by atoms with Crippen molar-refractivity contribution in [3.8, 4) is 17.0 Å². The van der Waals surface area contributed by atoms with E-state index in [9.17, 15) is 4.79 Å². The quantitative estimate of drug-likeness (QED) is 0.0827. The standard InChI is InChI=1S/C35H49NO3/c1-4-35(37)39-26-17-12-10-8-6-5-7-9-11-16-25-38-32-23-22-31-27-33(30-20-14-13-15-21-30)36(34(31)28-32)24-18-19-29(2)3/h4,13-15,20-23,27-29H,1,5-12,16-19,24-26H2,2-3H3. The maximum Gasteiger partial charge on any atom is 0.330 e. The predicted octanol–water partition coefficient (Wildman–Crippen LogP) is 9.75. The van der Waals surface area contributed by atoms with Gasteiger partial charge >= 0.3 is 5.97 Å². The Morgan fingerprint density at radius 1 is 0.821 bits per heavy atom. The number of fused-ring (bicyclic) bond motifs is 1. The minimum Gasteiger partial charge on any atom is -0.494 e. The molecule has 0 saturated carbocycles. The van der Waals surface area contributed by atoms with Crippen molar-refractivity contribution >= 4 is 16.9 Å². The first-order valence-electron chi connectivity index (χ1n) is 15.2. The van der Waals surface area contributed by atoms with Gasteiger partial charge in [0.05, 0.1) is 18.7 Å². The van der Waals surface area contributed by atoms with Gasteiger partial charge in [-0.1, -0.05) is 102 Å². The lowest BCUT2D eigenvalue weighted by atomic mass is 10.1. The number of aryl methyl sites for hydroxylation is 1. The number of benzene rings is 2. The molecule has 0 atom stereocenters. The Balaban J connectivity index is 1.36. The van der Waals surface area contributed by atoms with Crippen LogP contribution >= 0.6 is 0 Å². The van der Waals surface area contributed by atoms with Gasteiger partial charge in [0.25, 0.3) is 0 Å². The number of esters is 1. The van der Waals surface area contributed by atoms with Crippen molar-refractivity contribution in [2.45, 2.75) is 97.4 Å². The van der Waals surface area contributed by atoms with Gasteiger partial charge in [-0.15, -0.1) is 0 Å². The van der Waals surface area contributed by atoms with Crippen LogP contribution in [0.2, 0.25) is 0 Å². The molecule has 0 N–H and O–H groups in total. The van der Waals surface area contributed by atoms with E-state index in [-0.39, 0.29) is 5.97 Å². The molecule has 3 rings (SSSR count). The first kappa shape index (κ1) is 30.5. The minimum absolute atomic E-state index is 0.318. The Morgan fingerprint density at radius 2 is 1.46 bits per heavy atom. The van der Waals surface area contributed by atoms with Crippen molar-refractivity contribution in [2.75, 3.05) is 13.2 Å². The average Bonchev–Trinajstić information content (AvgIpc) is 3.31. The molecule has 0 aliphatic heterocycles. The summed E-state index contributed by atoms with van der Waals surface area (Å²) in [7, 11) is 0. The van der Waals surface area contributed by atoms with E-state index in [0.29, 0.717) is 6.61 Å². The van der Waals surface area contributed by atoms with Gasteiger partial charge in [0.2, 0.25) is 0 Å².